The lowest BCUT2D eigenvalue weighted by Gasteiger charge is -2.13. The molecule has 0 bridgehead atoms. The highest BCUT2D eigenvalue weighted by Gasteiger charge is 2.22. The van der Waals surface area contributed by atoms with Gasteiger partial charge in [0, 0.05) is 12.2 Å². The monoisotopic (exact) mass is 344 g/mol. The summed E-state index contributed by atoms with van der Waals surface area (Å²) in [6.45, 7) is 6.23. The Morgan fingerprint density at radius 2 is 1.75 bits per heavy atom. The van der Waals surface area contributed by atoms with Gasteiger partial charge in [-0.1, -0.05) is 17.7 Å². The molecule has 5 nitrogen and oxygen atoms in total. The van der Waals surface area contributed by atoms with E-state index in [-0.39, 0.29) is 23.8 Å². The van der Waals surface area contributed by atoms with Crippen molar-refractivity contribution in [3.05, 3.63) is 58.1 Å². The van der Waals surface area contributed by atoms with Crippen LogP contribution in [0.4, 0.5) is 5.69 Å². The number of amides is 1. The lowest BCUT2D eigenvalue weighted by atomic mass is 10.0. The summed E-state index contributed by atoms with van der Waals surface area (Å²) in [6, 6.07) is 8.80. The molecule has 0 saturated carbocycles. The number of benzene rings is 2. The summed E-state index contributed by atoms with van der Waals surface area (Å²) in [7, 11) is -3.63. The van der Waals surface area contributed by atoms with Crippen molar-refractivity contribution in [3.63, 3.8) is 0 Å². The van der Waals surface area contributed by atoms with Crippen molar-refractivity contribution in [2.45, 2.75) is 38.6 Å². The summed E-state index contributed by atoms with van der Waals surface area (Å²) in [5.41, 5.74) is 5.68. The van der Waals surface area contributed by atoms with Crippen molar-refractivity contribution in [2.24, 2.45) is 0 Å². The van der Waals surface area contributed by atoms with Gasteiger partial charge in [-0.15, -0.1) is 0 Å². The van der Waals surface area contributed by atoms with E-state index in [2.05, 4.69) is 10.0 Å². The summed E-state index contributed by atoms with van der Waals surface area (Å²) in [5.74, 6) is -0.113. The molecule has 24 heavy (non-hydrogen) atoms. The van der Waals surface area contributed by atoms with Crippen molar-refractivity contribution in [1.82, 2.24) is 4.72 Å². The summed E-state index contributed by atoms with van der Waals surface area (Å²) >= 11 is 0. The Labute approximate surface area is 142 Å². The molecule has 2 aromatic rings. The van der Waals surface area contributed by atoms with E-state index in [1.807, 2.05) is 32.9 Å². The molecule has 126 valence electrons. The van der Waals surface area contributed by atoms with Crippen LogP contribution in [0, 0.1) is 20.8 Å². The quantitative estimate of drug-likeness (QED) is 0.895. The van der Waals surface area contributed by atoms with E-state index in [0.29, 0.717) is 11.3 Å². The zero-order valence-electron chi connectivity index (χ0n) is 13.9. The fourth-order valence-corrected chi connectivity index (χ4v) is 4.16. The number of carbonyl (C=O) groups excluding carboxylic acids is 1. The van der Waals surface area contributed by atoms with Crippen molar-refractivity contribution >= 4 is 21.6 Å². The number of rotatable bonds is 4. The Hall–Kier alpha value is -2.18. The first-order valence-corrected chi connectivity index (χ1v) is 9.24. The Morgan fingerprint density at radius 3 is 2.42 bits per heavy atom. The minimum atomic E-state index is -3.63. The third-order valence-electron chi connectivity index (χ3n) is 4.29. The van der Waals surface area contributed by atoms with Gasteiger partial charge in [0.1, 0.15) is 0 Å². The lowest BCUT2D eigenvalue weighted by Crippen LogP contribution is -2.24. The van der Waals surface area contributed by atoms with Gasteiger partial charge in [-0.05, 0) is 61.2 Å². The number of carbonyl (C=O) groups is 1. The highest BCUT2D eigenvalue weighted by atomic mass is 32.2. The first-order valence-electron chi connectivity index (χ1n) is 7.75. The van der Waals surface area contributed by atoms with Crippen LogP contribution in [0.5, 0.6) is 0 Å². The predicted octanol–water partition coefficient (Wildman–Crippen LogP) is 2.58. The normalized spacial score (nSPS) is 13.7. The smallest absolute Gasteiger partial charge is 0.240 e. The van der Waals surface area contributed by atoms with Crippen LogP contribution in [-0.4, -0.2) is 14.3 Å². The summed E-state index contributed by atoms with van der Waals surface area (Å²) in [5, 5.41) is 2.70. The second-order valence-electron chi connectivity index (χ2n) is 6.25. The molecule has 1 aliphatic rings. The highest BCUT2D eigenvalue weighted by molar-refractivity contribution is 7.89. The minimum absolute atomic E-state index is 0.113. The number of nitrogens with one attached hydrogen (secondary N) is 2. The first kappa shape index (κ1) is 16.7. The lowest BCUT2D eigenvalue weighted by molar-refractivity contribution is -0.115. The molecule has 0 unspecified atom stereocenters. The fraction of sp³-hybridized carbons (Fsp3) is 0.278. The SMILES string of the molecule is Cc1cc(C)c(CNS(=O)(=O)c2ccc3c(c2)CC(=O)N3)c(C)c1. The van der Waals surface area contributed by atoms with E-state index in [1.54, 1.807) is 12.1 Å². The van der Waals surface area contributed by atoms with E-state index < -0.39 is 10.0 Å². The zero-order chi connectivity index (χ0) is 17.5. The van der Waals surface area contributed by atoms with Gasteiger partial charge in [-0.3, -0.25) is 4.79 Å². The molecule has 0 aromatic heterocycles. The molecule has 2 N–H and O–H groups in total. The van der Waals surface area contributed by atoms with Crippen LogP contribution >= 0.6 is 0 Å². The van der Waals surface area contributed by atoms with Gasteiger partial charge in [0.25, 0.3) is 0 Å². The number of anilines is 1. The Morgan fingerprint density at radius 1 is 1.08 bits per heavy atom. The molecule has 0 aliphatic carbocycles. The van der Waals surface area contributed by atoms with Gasteiger partial charge in [0.15, 0.2) is 0 Å². The second-order valence-corrected chi connectivity index (χ2v) is 8.01. The number of hydrogen-bond donors (Lipinski definition) is 2. The maximum absolute atomic E-state index is 12.6. The van der Waals surface area contributed by atoms with E-state index in [0.717, 1.165) is 22.3 Å². The van der Waals surface area contributed by atoms with E-state index in [1.165, 1.54) is 6.07 Å². The molecule has 0 fully saturated rings. The molecule has 0 spiro atoms. The van der Waals surface area contributed by atoms with Crippen molar-refractivity contribution in [1.29, 1.82) is 0 Å². The first-order chi connectivity index (χ1) is 11.3. The van der Waals surface area contributed by atoms with Crippen LogP contribution in [0.1, 0.15) is 27.8 Å². The molecule has 6 heteroatoms. The maximum atomic E-state index is 12.6. The number of aryl methyl sites for hydroxylation is 3. The molecule has 1 aliphatic heterocycles. The molecular weight excluding hydrogens is 324 g/mol. The molecule has 2 aromatic carbocycles. The summed E-state index contributed by atoms with van der Waals surface area (Å²) in [6.07, 6.45) is 0.217. The van der Waals surface area contributed by atoms with E-state index in [9.17, 15) is 13.2 Å². The second kappa shape index (κ2) is 6.03. The van der Waals surface area contributed by atoms with Crippen molar-refractivity contribution in [2.75, 3.05) is 5.32 Å². The Balaban J connectivity index is 1.83. The van der Waals surface area contributed by atoms with Gasteiger partial charge >= 0.3 is 0 Å². The summed E-state index contributed by atoms with van der Waals surface area (Å²) in [4.78, 5) is 11.6. The molecular formula is C18H20N2O3S. The van der Waals surface area contributed by atoms with Crippen LogP contribution in [0.25, 0.3) is 0 Å². The van der Waals surface area contributed by atoms with Crippen LogP contribution in [0.2, 0.25) is 0 Å². The molecule has 1 heterocycles. The molecule has 0 saturated heterocycles. The third-order valence-corrected chi connectivity index (χ3v) is 5.69. The van der Waals surface area contributed by atoms with Crippen molar-refractivity contribution < 1.29 is 13.2 Å². The Bertz CT molecular complexity index is 910. The zero-order valence-corrected chi connectivity index (χ0v) is 14.8. The molecule has 0 atom stereocenters. The van der Waals surface area contributed by atoms with Gasteiger partial charge < -0.3 is 5.32 Å². The van der Waals surface area contributed by atoms with Crippen molar-refractivity contribution in [3.8, 4) is 0 Å². The minimum Gasteiger partial charge on any atom is -0.326 e. The van der Waals surface area contributed by atoms with Crippen LogP contribution in [-0.2, 0) is 27.8 Å². The van der Waals surface area contributed by atoms with Crippen LogP contribution in [0.15, 0.2) is 35.2 Å². The molecule has 1 amide bonds. The van der Waals surface area contributed by atoms with Gasteiger partial charge in [-0.25, -0.2) is 13.1 Å². The van der Waals surface area contributed by atoms with Crippen LogP contribution in [0.3, 0.4) is 0 Å². The fourth-order valence-electron chi connectivity index (χ4n) is 3.11. The summed E-state index contributed by atoms with van der Waals surface area (Å²) < 4.78 is 27.8. The standard InChI is InChI=1S/C18H20N2O3S/c1-11-6-12(2)16(13(3)7-11)10-19-24(22,23)15-4-5-17-14(8-15)9-18(21)20-17/h4-8,19H,9-10H2,1-3H3,(H,20,21). The highest BCUT2D eigenvalue weighted by Crippen LogP contribution is 2.26. The predicted molar refractivity (Wildman–Crippen MR) is 93.5 cm³/mol. The molecule has 0 radical (unpaired) electrons. The molecule has 3 rings (SSSR count). The maximum Gasteiger partial charge on any atom is 0.240 e. The number of hydrogen-bond acceptors (Lipinski definition) is 3. The topological polar surface area (TPSA) is 75.3 Å². The average Bonchev–Trinajstić information content (AvgIpc) is 2.85. The van der Waals surface area contributed by atoms with E-state index >= 15 is 0 Å². The van der Waals surface area contributed by atoms with E-state index in [4.69, 9.17) is 0 Å². The van der Waals surface area contributed by atoms with Gasteiger partial charge in [0.05, 0.1) is 11.3 Å². The van der Waals surface area contributed by atoms with Crippen LogP contribution < -0.4 is 10.0 Å². The third kappa shape index (κ3) is 3.20. The van der Waals surface area contributed by atoms with Gasteiger partial charge in [0.2, 0.25) is 15.9 Å². The number of sulfonamides is 1. The number of fused-ring (bicyclic) bond motifs is 1. The van der Waals surface area contributed by atoms with Gasteiger partial charge in [-0.2, -0.15) is 0 Å². The largest absolute Gasteiger partial charge is 0.326 e. The Kier molecular flexibility index (Phi) is 4.19. The average molecular weight is 344 g/mol.